The summed E-state index contributed by atoms with van der Waals surface area (Å²) in [5.74, 6) is 0.809. The Bertz CT molecular complexity index is 1590. The summed E-state index contributed by atoms with van der Waals surface area (Å²) in [6, 6.07) is 16.7. The average molecular weight is 601 g/mol. The van der Waals surface area contributed by atoms with E-state index in [4.69, 9.17) is 4.74 Å². The predicted molar refractivity (Wildman–Crippen MR) is 170 cm³/mol. The number of aromatic amines is 1. The van der Waals surface area contributed by atoms with Crippen LogP contribution in [0.5, 0.6) is 0 Å². The van der Waals surface area contributed by atoms with Gasteiger partial charge in [0.15, 0.2) is 5.82 Å². The number of nitrogens with one attached hydrogen (secondary N) is 2. The highest BCUT2D eigenvalue weighted by molar-refractivity contribution is 8.05. The third-order valence-electron chi connectivity index (χ3n) is 7.71. The number of pyridine rings is 1. The molecular weight excluding hydrogens is 565 g/mol. The lowest BCUT2D eigenvalue weighted by molar-refractivity contribution is 0.0379. The van der Waals surface area contributed by atoms with Crippen molar-refractivity contribution in [3.05, 3.63) is 94.4 Å². The van der Waals surface area contributed by atoms with E-state index in [2.05, 4.69) is 80.3 Å². The van der Waals surface area contributed by atoms with Gasteiger partial charge in [-0.3, -0.25) is 4.79 Å². The molecule has 0 radical (unpaired) electrons. The molecule has 4 heterocycles. The molecule has 2 atom stereocenters. The Kier molecular flexibility index (Phi) is 8.85. The molecule has 0 spiro atoms. The molecule has 6 rings (SSSR count). The van der Waals surface area contributed by atoms with E-state index in [1.165, 1.54) is 25.1 Å². The topological polar surface area (TPSA) is 86.4 Å². The molecule has 2 aromatic heterocycles. The molecule has 0 amide bonds. The second-order valence-corrected chi connectivity index (χ2v) is 12.7. The summed E-state index contributed by atoms with van der Waals surface area (Å²) in [5, 5.41) is 3.74. The predicted octanol–water partition coefficient (Wildman–Crippen LogP) is 6.16. The molecule has 218 valence electrons. The first-order valence-corrected chi connectivity index (χ1v) is 16.1. The van der Waals surface area contributed by atoms with Gasteiger partial charge < -0.3 is 24.8 Å². The Morgan fingerprint density at radius 2 is 1.90 bits per heavy atom. The Balaban J connectivity index is 1.22. The van der Waals surface area contributed by atoms with Crippen molar-refractivity contribution in [2.24, 2.45) is 0 Å². The molecule has 2 N–H and O–H groups in total. The van der Waals surface area contributed by atoms with Crippen molar-refractivity contribution in [1.82, 2.24) is 19.9 Å². The normalized spacial score (nSPS) is 17.0. The zero-order chi connectivity index (χ0) is 29.1. The highest BCUT2D eigenvalue weighted by Crippen LogP contribution is 2.52. The summed E-state index contributed by atoms with van der Waals surface area (Å²) in [6.07, 6.45) is 5.42. The van der Waals surface area contributed by atoms with Gasteiger partial charge in [0, 0.05) is 75.2 Å². The van der Waals surface area contributed by atoms with Crippen LogP contribution in [0.4, 0.5) is 11.4 Å². The number of rotatable bonds is 9. The number of benzene rings is 2. The minimum Gasteiger partial charge on any atom is -0.374 e. The molecule has 0 bridgehead atoms. The SMILES string of the molecule is CCN(CC)CC(Nc1ccc2c(c1)Sc1cccc(C3CN(c4cc[nH]c(=O)c4)CCO3)c1S2)c1ncc(C)cn1. The number of likely N-dealkylation sites (N-methyl/N-ethyl adjacent to an activating group) is 1. The molecular formula is C32H36N6O2S2. The minimum atomic E-state index is -0.0872. The third kappa shape index (κ3) is 6.36. The maximum Gasteiger partial charge on any atom is 0.249 e. The lowest BCUT2D eigenvalue weighted by Crippen LogP contribution is -2.39. The van der Waals surface area contributed by atoms with Gasteiger partial charge >= 0.3 is 0 Å². The molecule has 8 nitrogen and oxygen atoms in total. The van der Waals surface area contributed by atoms with E-state index < -0.39 is 0 Å². The van der Waals surface area contributed by atoms with Crippen molar-refractivity contribution in [3.63, 3.8) is 0 Å². The maximum absolute atomic E-state index is 11.9. The van der Waals surface area contributed by atoms with Gasteiger partial charge in [-0.2, -0.15) is 0 Å². The molecule has 10 heteroatoms. The molecule has 4 aromatic rings. The van der Waals surface area contributed by atoms with E-state index >= 15 is 0 Å². The summed E-state index contributed by atoms with van der Waals surface area (Å²) < 4.78 is 6.29. The van der Waals surface area contributed by atoms with Gasteiger partial charge in [-0.15, -0.1) is 0 Å². The zero-order valence-electron chi connectivity index (χ0n) is 24.2. The van der Waals surface area contributed by atoms with Crippen LogP contribution in [-0.4, -0.2) is 59.2 Å². The zero-order valence-corrected chi connectivity index (χ0v) is 25.8. The second-order valence-electron chi connectivity index (χ2n) is 10.6. The number of anilines is 2. The van der Waals surface area contributed by atoms with E-state index in [9.17, 15) is 4.79 Å². The molecule has 0 aliphatic carbocycles. The largest absolute Gasteiger partial charge is 0.374 e. The quantitative estimate of drug-likeness (QED) is 0.207. The number of fused-ring (bicyclic) bond motifs is 2. The third-order valence-corrected chi connectivity index (χ3v) is 10.3. The van der Waals surface area contributed by atoms with Gasteiger partial charge in [-0.1, -0.05) is 49.5 Å². The Hall–Kier alpha value is -3.31. The Morgan fingerprint density at radius 1 is 1.07 bits per heavy atom. The van der Waals surface area contributed by atoms with E-state index in [0.29, 0.717) is 13.2 Å². The number of nitrogens with zero attached hydrogens (tertiary/aromatic N) is 4. The fourth-order valence-electron chi connectivity index (χ4n) is 5.38. The average Bonchev–Trinajstić information content (AvgIpc) is 3.02. The second kappa shape index (κ2) is 12.9. The van der Waals surface area contributed by atoms with Crippen molar-refractivity contribution < 1.29 is 4.74 Å². The van der Waals surface area contributed by atoms with Crippen molar-refractivity contribution in [2.45, 2.75) is 52.5 Å². The van der Waals surface area contributed by atoms with E-state index in [0.717, 1.165) is 48.9 Å². The molecule has 1 fully saturated rings. The number of aryl methyl sites for hydroxylation is 1. The van der Waals surface area contributed by atoms with Crippen molar-refractivity contribution in [3.8, 4) is 0 Å². The molecule has 1 saturated heterocycles. The van der Waals surface area contributed by atoms with Gasteiger partial charge in [-0.05, 0) is 61.5 Å². The van der Waals surface area contributed by atoms with Gasteiger partial charge in [-0.25, -0.2) is 9.97 Å². The first-order chi connectivity index (χ1) is 20.5. The first-order valence-electron chi connectivity index (χ1n) is 14.5. The van der Waals surface area contributed by atoms with Gasteiger partial charge in [0.25, 0.3) is 0 Å². The highest BCUT2D eigenvalue weighted by Gasteiger charge is 2.29. The lowest BCUT2D eigenvalue weighted by atomic mass is 10.1. The van der Waals surface area contributed by atoms with Crippen LogP contribution in [0.1, 0.15) is 42.9 Å². The van der Waals surface area contributed by atoms with E-state index in [-0.39, 0.29) is 17.7 Å². The van der Waals surface area contributed by atoms with E-state index in [1.807, 2.05) is 37.1 Å². The van der Waals surface area contributed by atoms with Gasteiger partial charge in [0.05, 0.1) is 12.6 Å². The van der Waals surface area contributed by atoms with Crippen LogP contribution in [0.3, 0.4) is 0 Å². The van der Waals surface area contributed by atoms with Crippen molar-refractivity contribution >= 4 is 34.9 Å². The first kappa shape index (κ1) is 28.8. The van der Waals surface area contributed by atoms with Crippen molar-refractivity contribution in [1.29, 1.82) is 0 Å². The standard InChI is InChI=1S/C32H36N6O2S2/c1-4-37(5-2)19-25(32-34-17-21(3)18-35-32)36-22-9-10-27-29(15-22)41-28-8-6-7-24(31(28)42-27)26-20-38(13-14-40-26)23-11-12-33-30(39)16-23/h6-12,15-18,25-26,36H,4-5,13-14,19-20H2,1-3H3,(H,33,39). The molecule has 2 aromatic carbocycles. The van der Waals surface area contributed by atoms with Gasteiger partial charge in [0.1, 0.15) is 6.10 Å². The minimum absolute atomic E-state index is 0.0183. The molecule has 2 aliphatic heterocycles. The summed E-state index contributed by atoms with van der Waals surface area (Å²) >= 11 is 3.62. The number of morpholine rings is 1. The number of aromatic nitrogens is 3. The number of hydrogen-bond acceptors (Lipinski definition) is 9. The summed E-state index contributed by atoms with van der Waals surface area (Å²) in [6.45, 7) is 11.3. The molecule has 2 aliphatic rings. The van der Waals surface area contributed by atoms with E-state index in [1.54, 1.807) is 24.0 Å². The van der Waals surface area contributed by atoms with Crippen LogP contribution in [-0.2, 0) is 4.74 Å². The maximum atomic E-state index is 11.9. The number of ether oxygens (including phenoxy) is 1. The number of hydrogen-bond donors (Lipinski definition) is 2. The fourth-order valence-corrected chi connectivity index (χ4v) is 7.83. The van der Waals surface area contributed by atoms with Crippen LogP contribution in [0, 0.1) is 6.92 Å². The lowest BCUT2D eigenvalue weighted by Gasteiger charge is -2.36. The summed E-state index contributed by atoms with van der Waals surface area (Å²) in [5.41, 5.74) is 4.16. The van der Waals surface area contributed by atoms with Crippen LogP contribution < -0.4 is 15.8 Å². The van der Waals surface area contributed by atoms with Crippen LogP contribution in [0.15, 0.2) is 91.5 Å². The molecule has 0 saturated carbocycles. The molecule has 42 heavy (non-hydrogen) atoms. The van der Waals surface area contributed by atoms with Crippen LogP contribution in [0.2, 0.25) is 0 Å². The smallest absolute Gasteiger partial charge is 0.249 e. The van der Waals surface area contributed by atoms with Crippen LogP contribution >= 0.6 is 23.5 Å². The Labute approximate surface area is 255 Å². The monoisotopic (exact) mass is 600 g/mol. The highest BCUT2D eigenvalue weighted by atomic mass is 32.2. The summed E-state index contributed by atoms with van der Waals surface area (Å²) in [7, 11) is 0. The number of H-pyrrole nitrogens is 1. The fraction of sp³-hybridized carbons (Fsp3) is 0.344. The Morgan fingerprint density at radius 3 is 2.69 bits per heavy atom. The summed E-state index contributed by atoms with van der Waals surface area (Å²) in [4.78, 5) is 33.5. The van der Waals surface area contributed by atoms with Crippen molar-refractivity contribution in [2.75, 3.05) is 49.5 Å². The molecule has 2 unspecified atom stereocenters. The van der Waals surface area contributed by atoms with Crippen LogP contribution in [0.25, 0.3) is 0 Å². The van der Waals surface area contributed by atoms with Gasteiger partial charge in [0.2, 0.25) is 5.56 Å².